The maximum Gasteiger partial charge on any atom is 0.143 e. The van der Waals surface area contributed by atoms with E-state index in [0.717, 1.165) is 0 Å². The van der Waals surface area contributed by atoms with E-state index >= 15 is 0 Å². The van der Waals surface area contributed by atoms with Gasteiger partial charge in [0.2, 0.25) is 0 Å². The average Bonchev–Trinajstić information content (AvgIpc) is 1.87. The molecule has 3 heteroatoms. The molecule has 0 aromatic carbocycles. The van der Waals surface area contributed by atoms with E-state index in [2.05, 4.69) is 5.32 Å². The van der Waals surface area contributed by atoms with E-state index in [-0.39, 0.29) is 18.3 Å². The second-order valence-corrected chi connectivity index (χ2v) is 2.62. The second kappa shape index (κ2) is 5.38. The standard InChI is InChI=1S/C7H15NO2/c1-6(5-9)3-8-4-7(2)10/h6,8-9H,3-5H2,1-2H3. The lowest BCUT2D eigenvalue weighted by molar-refractivity contribution is -0.116. The summed E-state index contributed by atoms with van der Waals surface area (Å²) >= 11 is 0. The number of Topliss-reactive ketones (excluding diaryl/α,β-unsaturated/α-hetero) is 1. The van der Waals surface area contributed by atoms with E-state index < -0.39 is 0 Å². The highest BCUT2D eigenvalue weighted by Crippen LogP contribution is 1.87. The zero-order valence-electron chi connectivity index (χ0n) is 6.55. The van der Waals surface area contributed by atoms with E-state index in [1.165, 1.54) is 6.92 Å². The monoisotopic (exact) mass is 145 g/mol. The van der Waals surface area contributed by atoms with Gasteiger partial charge in [0.15, 0.2) is 0 Å². The molecule has 0 saturated carbocycles. The van der Waals surface area contributed by atoms with Gasteiger partial charge in [0.1, 0.15) is 5.78 Å². The first-order valence-corrected chi connectivity index (χ1v) is 3.47. The van der Waals surface area contributed by atoms with Gasteiger partial charge in [0, 0.05) is 13.2 Å². The normalized spacial score (nSPS) is 13.1. The Morgan fingerprint density at radius 3 is 2.70 bits per heavy atom. The predicted octanol–water partition coefficient (Wildman–Crippen LogP) is -0.207. The third kappa shape index (κ3) is 5.72. The topological polar surface area (TPSA) is 49.3 Å². The van der Waals surface area contributed by atoms with Crippen molar-refractivity contribution in [2.45, 2.75) is 13.8 Å². The summed E-state index contributed by atoms with van der Waals surface area (Å²) in [6.07, 6.45) is 0. The molecule has 10 heavy (non-hydrogen) atoms. The Bertz CT molecular complexity index is 104. The van der Waals surface area contributed by atoms with Crippen LogP contribution in [0.15, 0.2) is 0 Å². The lowest BCUT2D eigenvalue weighted by Gasteiger charge is -2.06. The Kier molecular flexibility index (Phi) is 5.16. The van der Waals surface area contributed by atoms with Gasteiger partial charge in [-0.3, -0.25) is 4.79 Å². The molecule has 0 aromatic heterocycles. The minimum atomic E-state index is 0.130. The Balaban J connectivity index is 3.11. The number of carbonyl (C=O) groups is 1. The quantitative estimate of drug-likeness (QED) is 0.563. The molecule has 0 fully saturated rings. The van der Waals surface area contributed by atoms with Crippen molar-refractivity contribution in [3.05, 3.63) is 0 Å². The number of nitrogens with one attached hydrogen (secondary N) is 1. The maximum absolute atomic E-state index is 10.4. The van der Waals surface area contributed by atoms with Gasteiger partial charge in [0.25, 0.3) is 0 Å². The van der Waals surface area contributed by atoms with Crippen LogP contribution in [0.1, 0.15) is 13.8 Å². The molecule has 0 aliphatic carbocycles. The van der Waals surface area contributed by atoms with E-state index in [0.29, 0.717) is 13.1 Å². The molecule has 0 amide bonds. The molecule has 0 aromatic rings. The number of ketones is 1. The van der Waals surface area contributed by atoms with Crippen molar-refractivity contribution in [3.63, 3.8) is 0 Å². The van der Waals surface area contributed by atoms with Crippen LogP contribution in [0.25, 0.3) is 0 Å². The number of aliphatic hydroxyl groups is 1. The third-order valence-electron chi connectivity index (χ3n) is 1.18. The summed E-state index contributed by atoms with van der Waals surface area (Å²) in [5.41, 5.74) is 0. The van der Waals surface area contributed by atoms with Crippen LogP contribution < -0.4 is 5.32 Å². The average molecular weight is 145 g/mol. The van der Waals surface area contributed by atoms with E-state index in [1.807, 2.05) is 6.92 Å². The molecule has 0 radical (unpaired) electrons. The van der Waals surface area contributed by atoms with Crippen molar-refractivity contribution >= 4 is 5.78 Å². The van der Waals surface area contributed by atoms with Gasteiger partial charge in [-0.25, -0.2) is 0 Å². The Labute approximate surface area is 61.4 Å². The van der Waals surface area contributed by atoms with Crippen LogP contribution in [0.2, 0.25) is 0 Å². The van der Waals surface area contributed by atoms with Crippen molar-refractivity contribution in [3.8, 4) is 0 Å². The lowest BCUT2D eigenvalue weighted by atomic mass is 10.2. The zero-order valence-corrected chi connectivity index (χ0v) is 6.55. The highest BCUT2D eigenvalue weighted by molar-refractivity contribution is 5.77. The molecule has 1 unspecified atom stereocenters. The molecule has 3 nitrogen and oxygen atoms in total. The lowest BCUT2D eigenvalue weighted by Crippen LogP contribution is -2.27. The number of hydrogen-bond acceptors (Lipinski definition) is 3. The van der Waals surface area contributed by atoms with Crippen molar-refractivity contribution in [1.82, 2.24) is 5.32 Å². The third-order valence-corrected chi connectivity index (χ3v) is 1.18. The number of rotatable bonds is 5. The van der Waals surface area contributed by atoms with Crippen LogP contribution in [-0.2, 0) is 4.79 Å². The molecule has 0 aliphatic heterocycles. The first-order chi connectivity index (χ1) is 4.66. The highest BCUT2D eigenvalue weighted by Gasteiger charge is 1.98. The summed E-state index contributed by atoms with van der Waals surface area (Å²) in [6.45, 7) is 4.75. The summed E-state index contributed by atoms with van der Waals surface area (Å²) in [5, 5.41) is 11.5. The van der Waals surface area contributed by atoms with Gasteiger partial charge in [-0.05, 0) is 12.8 Å². The fourth-order valence-electron chi connectivity index (χ4n) is 0.559. The van der Waals surface area contributed by atoms with Crippen molar-refractivity contribution in [2.24, 2.45) is 5.92 Å². The Morgan fingerprint density at radius 2 is 2.30 bits per heavy atom. The summed E-state index contributed by atoms with van der Waals surface area (Å²) in [4.78, 5) is 10.4. The molecule has 0 aliphatic rings. The predicted molar refractivity (Wildman–Crippen MR) is 39.8 cm³/mol. The van der Waals surface area contributed by atoms with Gasteiger partial charge in [-0.2, -0.15) is 0 Å². The van der Waals surface area contributed by atoms with Gasteiger partial charge in [-0.1, -0.05) is 6.92 Å². The molecule has 1 atom stereocenters. The maximum atomic E-state index is 10.4. The zero-order chi connectivity index (χ0) is 7.98. The minimum Gasteiger partial charge on any atom is -0.396 e. The summed E-state index contributed by atoms with van der Waals surface area (Å²) in [6, 6.07) is 0. The summed E-state index contributed by atoms with van der Waals surface area (Å²) < 4.78 is 0. The van der Waals surface area contributed by atoms with E-state index in [1.54, 1.807) is 0 Å². The van der Waals surface area contributed by atoms with Crippen LogP contribution >= 0.6 is 0 Å². The van der Waals surface area contributed by atoms with Crippen LogP contribution in [0.5, 0.6) is 0 Å². The Hall–Kier alpha value is -0.410. The molecule has 0 heterocycles. The van der Waals surface area contributed by atoms with E-state index in [9.17, 15) is 4.79 Å². The van der Waals surface area contributed by atoms with Crippen LogP contribution in [0.3, 0.4) is 0 Å². The highest BCUT2D eigenvalue weighted by atomic mass is 16.3. The van der Waals surface area contributed by atoms with Crippen molar-refractivity contribution in [1.29, 1.82) is 0 Å². The first-order valence-electron chi connectivity index (χ1n) is 3.47. The Morgan fingerprint density at radius 1 is 1.70 bits per heavy atom. The largest absolute Gasteiger partial charge is 0.396 e. The summed E-state index contributed by atoms with van der Waals surface area (Å²) in [5.74, 6) is 0.365. The molecule has 0 rings (SSSR count). The molecule has 0 saturated heterocycles. The van der Waals surface area contributed by atoms with Crippen LogP contribution in [0.4, 0.5) is 0 Å². The fraction of sp³-hybridized carbons (Fsp3) is 0.857. The SMILES string of the molecule is CC(=O)CNCC(C)CO. The van der Waals surface area contributed by atoms with Gasteiger partial charge >= 0.3 is 0 Å². The van der Waals surface area contributed by atoms with Crippen molar-refractivity contribution < 1.29 is 9.90 Å². The van der Waals surface area contributed by atoms with Crippen LogP contribution in [0, 0.1) is 5.92 Å². The fourth-order valence-corrected chi connectivity index (χ4v) is 0.559. The van der Waals surface area contributed by atoms with Crippen molar-refractivity contribution in [2.75, 3.05) is 19.7 Å². The molecule has 60 valence electrons. The molecule has 0 bridgehead atoms. The van der Waals surface area contributed by atoms with E-state index in [4.69, 9.17) is 5.11 Å². The van der Waals surface area contributed by atoms with Crippen LogP contribution in [-0.4, -0.2) is 30.6 Å². The number of carbonyl (C=O) groups excluding carboxylic acids is 1. The summed E-state index contributed by atoms with van der Waals surface area (Å²) in [7, 11) is 0. The second-order valence-electron chi connectivity index (χ2n) is 2.62. The number of aliphatic hydroxyl groups excluding tert-OH is 1. The first kappa shape index (κ1) is 9.59. The molecular formula is C7H15NO2. The molecule has 0 spiro atoms. The molecule has 2 N–H and O–H groups in total. The minimum absolute atomic E-state index is 0.130. The number of hydrogen-bond donors (Lipinski definition) is 2. The smallest absolute Gasteiger partial charge is 0.143 e. The molecular weight excluding hydrogens is 130 g/mol. The van der Waals surface area contributed by atoms with Gasteiger partial charge in [0.05, 0.1) is 6.54 Å². The van der Waals surface area contributed by atoms with Gasteiger partial charge < -0.3 is 10.4 Å². The van der Waals surface area contributed by atoms with Gasteiger partial charge in [-0.15, -0.1) is 0 Å².